The third-order valence-corrected chi connectivity index (χ3v) is 6.22. The number of carbonyl (C=O) groups excluding carboxylic acids is 2. The summed E-state index contributed by atoms with van der Waals surface area (Å²) in [5.74, 6) is -0.216. The van der Waals surface area contributed by atoms with Crippen molar-refractivity contribution in [1.82, 2.24) is 0 Å². The van der Waals surface area contributed by atoms with E-state index in [1.807, 2.05) is 12.1 Å². The molecule has 1 aliphatic carbocycles. The van der Waals surface area contributed by atoms with Crippen molar-refractivity contribution < 1.29 is 14.4 Å². The minimum Gasteiger partial charge on any atom is -0.307 e. The number of hydrogen-bond acceptors (Lipinski definition) is 4. The highest BCUT2D eigenvalue weighted by Crippen LogP contribution is 2.54. The Kier molecular flexibility index (Phi) is 7.45. The Morgan fingerprint density at radius 1 is 0.967 bits per heavy atom. The third-order valence-electron chi connectivity index (χ3n) is 6.03. The Balaban J connectivity index is 2.11. The number of Topliss-reactive ketones (excluding diaryl/α,β-unsaturated/α-hetero) is 1. The van der Waals surface area contributed by atoms with E-state index in [0.717, 1.165) is 38.5 Å². The van der Waals surface area contributed by atoms with E-state index in [-0.39, 0.29) is 16.9 Å². The minimum atomic E-state index is -0.567. The molecule has 0 atom stereocenters. The zero-order valence-corrected chi connectivity index (χ0v) is 20.0. The van der Waals surface area contributed by atoms with Gasteiger partial charge in [-0.05, 0) is 48.1 Å². The van der Waals surface area contributed by atoms with Crippen LogP contribution in [-0.2, 0) is 10.3 Å². The summed E-state index contributed by atoms with van der Waals surface area (Å²) < 4.78 is -0.567. The van der Waals surface area contributed by atoms with Gasteiger partial charge in [-0.2, -0.15) is 0 Å². The molecule has 30 heavy (non-hydrogen) atoms. The maximum absolute atomic E-state index is 12.9. The molecule has 0 amide bonds. The van der Waals surface area contributed by atoms with Crippen LogP contribution >= 0.6 is 22.6 Å². The molecule has 2 aromatic rings. The van der Waals surface area contributed by atoms with Crippen LogP contribution in [0.3, 0.4) is 0 Å². The summed E-state index contributed by atoms with van der Waals surface area (Å²) in [5.41, 5.74) is 5.83. The van der Waals surface area contributed by atoms with Crippen molar-refractivity contribution >= 4 is 38.1 Å². The van der Waals surface area contributed by atoms with Gasteiger partial charge >= 0.3 is 3.98 Å². The van der Waals surface area contributed by atoms with Crippen LogP contribution in [0.1, 0.15) is 80.8 Å². The highest BCUT2D eigenvalue weighted by molar-refractivity contribution is 14.1. The number of ketones is 1. The van der Waals surface area contributed by atoms with Crippen LogP contribution < -0.4 is 0 Å². The zero-order valence-electron chi connectivity index (χ0n) is 17.8. The van der Waals surface area contributed by atoms with Gasteiger partial charge in [-0.1, -0.05) is 81.1 Å². The summed E-state index contributed by atoms with van der Waals surface area (Å²) in [5, 5.41) is 3.68. The van der Waals surface area contributed by atoms with Gasteiger partial charge in [0, 0.05) is 11.0 Å². The van der Waals surface area contributed by atoms with E-state index in [1.165, 1.54) is 44.8 Å². The molecular weight excluding hydrogens is 489 g/mol. The van der Waals surface area contributed by atoms with Crippen LogP contribution in [0.4, 0.5) is 4.79 Å². The predicted octanol–water partition coefficient (Wildman–Crippen LogP) is 7.46. The first-order valence-corrected chi connectivity index (χ1v) is 11.7. The number of halogens is 1. The Morgan fingerprint density at radius 3 is 2.23 bits per heavy atom. The predicted molar refractivity (Wildman–Crippen MR) is 130 cm³/mol. The van der Waals surface area contributed by atoms with Crippen molar-refractivity contribution in [3.8, 4) is 11.1 Å². The molecule has 0 N–H and O–H groups in total. The van der Waals surface area contributed by atoms with Crippen molar-refractivity contribution in [3.05, 3.63) is 59.2 Å². The first kappa shape index (κ1) is 22.7. The highest BCUT2D eigenvalue weighted by atomic mass is 127. The van der Waals surface area contributed by atoms with Gasteiger partial charge < -0.3 is 4.84 Å². The number of nitrogens with zero attached hydrogens (tertiary/aromatic N) is 1. The van der Waals surface area contributed by atoms with Crippen LogP contribution in [-0.4, -0.2) is 15.5 Å². The number of benzene rings is 2. The number of rotatable bonds is 9. The van der Waals surface area contributed by atoms with Gasteiger partial charge in [-0.15, -0.1) is 0 Å². The van der Waals surface area contributed by atoms with Crippen LogP contribution in [0, 0.1) is 0 Å². The second-order valence-corrected chi connectivity index (χ2v) is 8.81. The molecule has 0 unspecified atom stereocenters. The molecule has 4 nitrogen and oxygen atoms in total. The van der Waals surface area contributed by atoms with Gasteiger partial charge in [0.1, 0.15) is 5.71 Å². The molecule has 2 aromatic carbocycles. The SMILES string of the molecule is CCCCC1(CCCC)c2ccccc2-c2ccc(C(=O)/C(C)=N/OC(=O)I)cc21. The Hall–Kier alpha value is -2.02. The monoisotopic (exact) mass is 517 g/mol. The van der Waals surface area contributed by atoms with Gasteiger partial charge in [-0.25, -0.2) is 4.79 Å². The molecule has 0 fully saturated rings. The number of hydrogen-bond donors (Lipinski definition) is 0. The number of carbonyl (C=O) groups is 2. The lowest BCUT2D eigenvalue weighted by molar-refractivity contribution is 0.106. The largest absolute Gasteiger partial charge is 0.393 e. The van der Waals surface area contributed by atoms with E-state index < -0.39 is 3.98 Å². The van der Waals surface area contributed by atoms with Gasteiger partial charge in [0.15, 0.2) is 0 Å². The molecule has 158 valence electrons. The lowest BCUT2D eigenvalue weighted by Crippen LogP contribution is -2.26. The third kappa shape index (κ3) is 4.36. The van der Waals surface area contributed by atoms with E-state index in [2.05, 4.69) is 54.2 Å². The van der Waals surface area contributed by atoms with E-state index in [1.54, 1.807) is 6.92 Å². The van der Waals surface area contributed by atoms with Crippen LogP contribution in [0.15, 0.2) is 47.6 Å². The number of unbranched alkanes of at least 4 members (excludes halogenated alkanes) is 2. The summed E-state index contributed by atoms with van der Waals surface area (Å²) in [7, 11) is 0. The van der Waals surface area contributed by atoms with Crippen molar-refractivity contribution in [3.63, 3.8) is 0 Å². The first-order chi connectivity index (χ1) is 14.4. The summed E-state index contributed by atoms with van der Waals surface area (Å²) >= 11 is 1.49. The molecule has 0 aromatic heterocycles. The molecule has 0 spiro atoms. The van der Waals surface area contributed by atoms with E-state index in [9.17, 15) is 9.59 Å². The normalized spacial score (nSPS) is 14.2. The second-order valence-electron chi connectivity index (χ2n) is 7.93. The molecule has 1 aliphatic rings. The van der Waals surface area contributed by atoms with Crippen LogP contribution in [0.25, 0.3) is 11.1 Å². The Labute approximate surface area is 192 Å². The molecule has 0 aliphatic heterocycles. The van der Waals surface area contributed by atoms with Gasteiger partial charge in [0.05, 0.1) is 22.6 Å². The summed E-state index contributed by atoms with van der Waals surface area (Å²) in [4.78, 5) is 28.6. The summed E-state index contributed by atoms with van der Waals surface area (Å²) in [6.07, 6.45) is 6.70. The second kappa shape index (κ2) is 9.86. The average Bonchev–Trinajstić information content (AvgIpc) is 3.03. The molecule has 0 radical (unpaired) electrons. The molecular formula is C25H28INO3. The lowest BCUT2D eigenvalue weighted by Gasteiger charge is -2.32. The van der Waals surface area contributed by atoms with E-state index in [4.69, 9.17) is 0 Å². The van der Waals surface area contributed by atoms with Crippen molar-refractivity contribution in [2.75, 3.05) is 0 Å². The molecule has 0 bridgehead atoms. The maximum atomic E-state index is 12.9. The summed E-state index contributed by atoms with van der Waals surface area (Å²) in [6, 6.07) is 14.6. The average molecular weight is 517 g/mol. The smallest absolute Gasteiger partial charge is 0.307 e. The number of oxime groups is 1. The van der Waals surface area contributed by atoms with Crippen LogP contribution in [0.5, 0.6) is 0 Å². The fraction of sp³-hybridized carbons (Fsp3) is 0.400. The quantitative estimate of drug-likeness (QED) is 0.0866. The zero-order chi connectivity index (χ0) is 21.7. The van der Waals surface area contributed by atoms with Gasteiger partial charge in [0.25, 0.3) is 0 Å². The molecule has 0 saturated heterocycles. The fourth-order valence-electron chi connectivity index (χ4n) is 4.57. The standard InChI is InChI=1S/C25H28INO3/c1-4-6-14-25(15-7-5-2)21-11-9-8-10-19(21)20-13-12-18(16-22(20)25)23(28)17(3)27-30-24(26)29/h8-13,16H,4-7,14-15H2,1-3H3/b27-17+. The Morgan fingerprint density at radius 2 is 1.60 bits per heavy atom. The van der Waals surface area contributed by atoms with Crippen molar-refractivity contribution in [2.45, 2.75) is 64.7 Å². The van der Waals surface area contributed by atoms with Gasteiger partial charge in [-0.3, -0.25) is 4.79 Å². The van der Waals surface area contributed by atoms with Crippen molar-refractivity contribution in [1.29, 1.82) is 0 Å². The highest BCUT2D eigenvalue weighted by Gasteiger charge is 2.42. The van der Waals surface area contributed by atoms with E-state index >= 15 is 0 Å². The fourth-order valence-corrected chi connectivity index (χ4v) is 4.67. The van der Waals surface area contributed by atoms with Crippen molar-refractivity contribution in [2.24, 2.45) is 5.16 Å². The van der Waals surface area contributed by atoms with Crippen LogP contribution in [0.2, 0.25) is 0 Å². The van der Waals surface area contributed by atoms with E-state index in [0.29, 0.717) is 5.56 Å². The number of fused-ring (bicyclic) bond motifs is 3. The molecule has 0 heterocycles. The first-order valence-electron chi connectivity index (χ1n) is 10.6. The molecule has 3 rings (SSSR count). The molecule has 5 heteroatoms. The van der Waals surface area contributed by atoms with Gasteiger partial charge in [0.2, 0.25) is 5.78 Å². The molecule has 0 saturated carbocycles. The minimum absolute atomic E-state index is 0.0615. The lowest BCUT2D eigenvalue weighted by atomic mass is 9.70. The topological polar surface area (TPSA) is 55.7 Å². The summed E-state index contributed by atoms with van der Waals surface area (Å²) in [6.45, 7) is 6.03. The Bertz CT molecular complexity index is 972. The maximum Gasteiger partial charge on any atom is 0.393 e.